The summed E-state index contributed by atoms with van der Waals surface area (Å²) in [5.41, 5.74) is 2.75. The molecule has 3 heterocycles. The second-order valence-corrected chi connectivity index (χ2v) is 8.52. The largest absolute Gasteiger partial charge is 0.459 e. The van der Waals surface area contributed by atoms with Crippen molar-refractivity contribution in [2.45, 2.75) is 52.6 Å². The molecule has 0 spiro atoms. The number of furan rings is 1. The molecule has 1 fully saturated rings. The summed E-state index contributed by atoms with van der Waals surface area (Å²) in [4.78, 5) is 17.4. The zero-order valence-corrected chi connectivity index (χ0v) is 18.6. The Kier molecular flexibility index (Phi) is 6.44. The monoisotopic (exact) mass is 421 g/mol. The first-order valence-electron chi connectivity index (χ1n) is 11.2. The number of rotatable bonds is 7. The van der Waals surface area contributed by atoms with Gasteiger partial charge in [0.2, 0.25) is 5.88 Å². The quantitative estimate of drug-likeness (QED) is 0.496. The van der Waals surface area contributed by atoms with E-state index in [1.54, 1.807) is 12.1 Å². The van der Waals surface area contributed by atoms with Crippen LogP contribution in [0.5, 0.6) is 0 Å². The topological polar surface area (TPSA) is 62.7 Å². The lowest BCUT2D eigenvalue weighted by Crippen LogP contribution is -2.39. The standard InChI is InChI=1S/C25H31N3O3/c1-4-19(3)28(24(29)22-11-8-16-30-22)17-21-23(20-9-6-5-7-10-20)26-31-25(21)27-14-12-18(2)13-15-27/h5-11,16,18-19H,4,12-15,17H2,1-3H3/t19-/m1/s1. The van der Waals surface area contributed by atoms with Gasteiger partial charge in [-0.1, -0.05) is 49.3 Å². The summed E-state index contributed by atoms with van der Waals surface area (Å²) in [6, 6.07) is 13.6. The van der Waals surface area contributed by atoms with Gasteiger partial charge in [-0.2, -0.15) is 0 Å². The Balaban J connectivity index is 1.73. The Morgan fingerprint density at radius 1 is 1.19 bits per heavy atom. The maximum absolute atomic E-state index is 13.3. The van der Waals surface area contributed by atoms with Crippen molar-refractivity contribution in [1.29, 1.82) is 0 Å². The van der Waals surface area contributed by atoms with Gasteiger partial charge in [-0.3, -0.25) is 4.79 Å². The van der Waals surface area contributed by atoms with Gasteiger partial charge >= 0.3 is 0 Å². The molecule has 6 nitrogen and oxygen atoms in total. The van der Waals surface area contributed by atoms with Crippen LogP contribution in [0.15, 0.2) is 57.7 Å². The first-order valence-corrected chi connectivity index (χ1v) is 11.2. The van der Waals surface area contributed by atoms with Crippen molar-refractivity contribution in [1.82, 2.24) is 10.1 Å². The smallest absolute Gasteiger partial charge is 0.290 e. The number of aromatic nitrogens is 1. The van der Waals surface area contributed by atoms with Crippen LogP contribution < -0.4 is 4.90 Å². The predicted molar refractivity (Wildman–Crippen MR) is 121 cm³/mol. The number of piperidine rings is 1. The van der Waals surface area contributed by atoms with Gasteiger partial charge in [0, 0.05) is 24.7 Å². The summed E-state index contributed by atoms with van der Waals surface area (Å²) in [5, 5.41) is 4.46. The van der Waals surface area contributed by atoms with Crippen LogP contribution in [0.1, 0.15) is 56.2 Å². The van der Waals surface area contributed by atoms with Crippen LogP contribution in [-0.2, 0) is 6.54 Å². The third-order valence-corrected chi connectivity index (χ3v) is 6.33. The van der Waals surface area contributed by atoms with Crippen LogP contribution >= 0.6 is 0 Å². The number of nitrogens with zero attached hydrogens (tertiary/aromatic N) is 3. The van der Waals surface area contributed by atoms with Gasteiger partial charge in [-0.15, -0.1) is 0 Å². The van der Waals surface area contributed by atoms with E-state index in [1.165, 1.54) is 6.26 Å². The highest BCUT2D eigenvalue weighted by atomic mass is 16.5. The van der Waals surface area contributed by atoms with E-state index < -0.39 is 0 Å². The van der Waals surface area contributed by atoms with Crippen molar-refractivity contribution in [2.75, 3.05) is 18.0 Å². The van der Waals surface area contributed by atoms with Gasteiger partial charge in [0.15, 0.2) is 5.76 Å². The molecule has 0 bridgehead atoms. The lowest BCUT2D eigenvalue weighted by Gasteiger charge is -2.32. The van der Waals surface area contributed by atoms with Crippen molar-refractivity contribution < 1.29 is 13.7 Å². The molecule has 0 aliphatic carbocycles. The molecule has 1 amide bonds. The molecular weight excluding hydrogens is 390 g/mol. The zero-order valence-electron chi connectivity index (χ0n) is 18.6. The molecule has 1 saturated heterocycles. The summed E-state index contributed by atoms with van der Waals surface area (Å²) in [6.45, 7) is 8.75. The summed E-state index contributed by atoms with van der Waals surface area (Å²) < 4.78 is 11.3. The normalized spacial score (nSPS) is 15.8. The number of carbonyl (C=O) groups excluding carboxylic acids is 1. The highest BCUT2D eigenvalue weighted by Gasteiger charge is 2.30. The molecule has 3 aromatic rings. The average molecular weight is 422 g/mol. The van der Waals surface area contributed by atoms with Crippen LogP contribution in [0.2, 0.25) is 0 Å². The van der Waals surface area contributed by atoms with Crippen molar-refractivity contribution in [3.63, 3.8) is 0 Å². The molecule has 0 unspecified atom stereocenters. The molecule has 1 aliphatic heterocycles. The molecule has 31 heavy (non-hydrogen) atoms. The number of anilines is 1. The van der Waals surface area contributed by atoms with Crippen molar-refractivity contribution in [3.05, 3.63) is 60.1 Å². The Morgan fingerprint density at radius 3 is 2.58 bits per heavy atom. The fraction of sp³-hybridized carbons (Fsp3) is 0.440. The van der Waals surface area contributed by atoms with Gasteiger partial charge in [0.25, 0.3) is 5.91 Å². The third kappa shape index (κ3) is 4.53. The minimum absolute atomic E-state index is 0.0466. The summed E-state index contributed by atoms with van der Waals surface area (Å²) in [5.74, 6) is 1.74. The van der Waals surface area contributed by atoms with E-state index in [2.05, 4.69) is 30.8 Å². The van der Waals surface area contributed by atoms with E-state index in [9.17, 15) is 4.79 Å². The van der Waals surface area contributed by atoms with Gasteiger partial charge in [-0.05, 0) is 44.2 Å². The lowest BCUT2D eigenvalue weighted by molar-refractivity contribution is 0.0639. The Hall–Kier alpha value is -3.02. The fourth-order valence-electron chi connectivity index (χ4n) is 4.09. The number of benzene rings is 1. The minimum atomic E-state index is -0.113. The van der Waals surface area contributed by atoms with Gasteiger partial charge in [0.1, 0.15) is 5.69 Å². The first kappa shape index (κ1) is 21.2. The highest BCUT2D eigenvalue weighted by Crippen LogP contribution is 2.35. The SMILES string of the molecule is CC[C@@H](C)N(Cc1c(-c2ccccc2)noc1N1CCC(C)CC1)C(=O)c1ccco1. The lowest BCUT2D eigenvalue weighted by atomic mass is 9.98. The Labute approximate surface area is 183 Å². The molecule has 1 atom stereocenters. The van der Waals surface area contributed by atoms with Crippen LogP contribution in [-0.4, -0.2) is 35.1 Å². The molecule has 4 rings (SSSR count). The Morgan fingerprint density at radius 2 is 1.94 bits per heavy atom. The first-order chi connectivity index (χ1) is 15.1. The summed E-state index contributed by atoms with van der Waals surface area (Å²) in [6.07, 6.45) is 4.63. The number of amides is 1. The van der Waals surface area contributed by atoms with Crippen molar-refractivity contribution in [2.24, 2.45) is 5.92 Å². The maximum atomic E-state index is 13.3. The second-order valence-electron chi connectivity index (χ2n) is 8.52. The van der Waals surface area contributed by atoms with E-state index in [0.29, 0.717) is 18.2 Å². The van der Waals surface area contributed by atoms with E-state index >= 15 is 0 Å². The number of hydrogen-bond acceptors (Lipinski definition) is 5. The van der Waals surface area contributed by atoms with Crippen molar-refractivity contribution in [3.8, 4) is 11.3 Å². The minimum Gasteiger partial charge on any atom is -0.459 e. The third-order valence-electron chi connectivity index (χ3n) is 6.33. The molecule has 164 valence electrons. The molecule has 0 saturated carbocycles. The number of carbonyl (C=O) groups is 1. The number of hydrogen-bond donors (Lipinski definition) is 0. The molecular formula is C25H31N3O3. The molecule has 2 aromatic heterocycles. The average Bonchev–Trinajstić information content (AvgIpc) is 3.48. The molecule has 1 aromatic carbocycles. The van der Waals surface area contributed by atoms with Crippen LogP contribution in [0.4, 0.5) is 5.88 Å². The summed E-state index contributed by atoms with van der Waals surface area (Å²) in [7, 11) is 0. The molecule has 1 aliphatic rings. The van der Waals surface area contributed by atoms with E-state index in [1.807, 2.05) is 35.2 Å². The Bertz CT molecular complexity index is 973. The molecule has 0 N–H and O–H groups in total. The van der Waals surface area contributed by atoms with E-state index in [0.717, 1.165) is 55.1 Å². The second kappa shape index (κ2) is 9.41. The van der Waals surface area contributed by atoms with Gasteiger partial charge in [0.05, 0.1) is 18.4 Å². The fourth-order valence-corrected chi connectivity index (χ4v) is 4.09. The highest BCUT2D eigenvalue weighted by molar-refractivity contribution is 5.91. The van der Waals surface area contributed by atoms with Crippen LogP contribution in [0, 0.1) is 5.92 Å². The molecule has 6 heteroatoms. The van der Waals surface area contributed by atoms with E-state index in [-0.39, 0.29) is 11.9 Å². The maximum Gasteiger partial charge on any atom is 0.290 e. The zero-order chi connectivity index (χ0) is 21.8. The van der Waals surface area contributed by atoms with Gasteiger partial charge < -0.3 is 18.7 Å². The van der Waals surface area contributed by atoms with Crippen LogP contribution in [0.25, 0.3) is 11.3 Å². The summed E-state index contributed by atoms with van der Waals surface area (Å²) >= 11 is 0. The van der Waals surface area contributed by atoms with Gasteiger partial charge in [-0.25, -0.2) is 0 Å². The van der Waals surface area contributed by atoms with E-state index in [4.69, 9.17) is 8.94 Å². The van der Waals surface area contributed by atoms with Crippen LogP contribution in [0.3, 0.4) is 0 Å². The predicted octanol–water partition coefficient (Wildman–Crippen LogP) is 5.61. The molecule has 0 radical (unpaired) electrons. The van der Waals surface area contributed by atoms with Crippen molar-refractivity contribution >= 4 is 11.8 Å².